The number of thioether (sulfide) groups is 1. The predicted molar refractivity (Wildman–Crippen MR) is 84.7 cm³/mol. The molecule has 0 aliphatic carbocycles. The highest BCUT2D eigenvalue weighted by Gasteiger charge is 2.14. The van der Waals surface area contributed by atoms with Crippen LogP contribution in [0.15, 0.2) is 33.4 Å². The van der Waals surface area contributed by atoms with Crippen LogP contribution in [0.5, 0.6) is 0 Å². The van der Waals surface area contributed by atoms with Crippen LogP contribution in [0.3, 0.4) is 0 Å². The van der Waals surface area contributed by atoms with Gasteiger partial charge in [-0.3, -0.25) is 14.7 Å². The highest BCUT2D eigenvalue weighted by atomic mass is 32.2. The minimum Gasteiger partial charge on any atom is -0.273 e. The number of rotatable bonds is 3. The highest BCUT2D eigenvalue weighted by Crippen LogP contribution is 2.22. The third kappa shape index (κ3) is 2.62. The molecule has 0 saturated heterocycles. The molecule has 1 N–H and O–H groups in total. The van der Waals surface area contributed by atoms with E-state index >= 15 is 0 Å². The summed E-state index contributed by atoms with van der Waals surface area (Å²) in [5, 5.41) is 6.62. The van der Waals surface area contributed by atoms with E-state index in [-0.39, 0.29) is 16.5 Å². The Labute approximate surface area is 130 Å². The van der Waals surface area contributed by atoms with Crippen LogP contribution in [0.25, 0.3) is 10.2 Å². The topological polar surface area (TPSA) is 67.8 Å². The fraction of sp³-hybridized carbons (Fsp3) is 0.0909. The Morgan fingerprint density at radius 2 is 2.20 bits per heavy atom. The van der Waals surface area contributed by atoms with Crippen molar-refractivity contribution in [3.8, 4) is 0 Å². The second-order valence-electron chi connectivity index (χ2n) is 3.73. The van der Waals surface area contributed by atoms with Gasteiger partial charge in [0.1, 0.15) is 0 Å². The molecule has 2 aromatic heterocycles. The van der Waals surface area contributed by atoms with Crippen molar-refractivity contribution in [2.75, 3.05) is 5.75 Å². The monoisotopic (exact) mass is 341 g/mol. The minimum absolute atomic E-state index is 0.150. The molecule has 0 bridgehead atoms. The summed E-state index contributed by atoms with van der Waals surface area (Å²) in [6.07, 6.45) is 0. The molecule has 0 fully saturated rings. The molecule has 0 aliphatic heterocycles. The van der Waals surface area contributed by atoms with Crippen molar-refractivity contribution in [3.05, 3.63) is 37.9 Å². The molecule has 9 heteroatoms. The zero-order valence-electron chi connectivity index (χ0n) is 9.86. The van der Waals surface area contributed by atoms with Crippen LogP contribution < -0.4 is 4.87 Å². The predicted octanol–water partition coefficient (Wildman–Crippen LogP) is 3.01. The summed E-state index contributed by atoms with van der Waals surface area (Å²) >= 11 is 8.58. The van der Waals surface area contributed by atoms with Crippen molar-refractivity contribution in [1.29, 1.82) is 0 Å². The van der Waals surface area contributed by atoms with Gasteiger partial charge in [0.25, 0.3) is 0 Å². The molecule has 102 valence electrons. The van der Waals surface area contributed by atoms with E-state index in [1.54, 1.807) is 6.07 Å². The number of carbonyl (C=O) groups is 1. The lowest BCUT2D eigenvalue weighted by molar-refractivity contribution is 0.0944. The van der Waals surface area contributed by atoms with Gasteiger partial charge in [0.05, 0.1) is 16.0 Å². The van der Waals surface area contributed by atoms with E-state index < -0.39 is 0 Å². The number of hydrogen-bond donors (Lipinski definition) is 1. The first-order valence-corrected chi connectivity index (χ1v) is 8.50. The number of carbonyl (C=O) groups excluding carboxylic acids is 1. The van der Waals surface area contributed by atoms with Crippen LogP contribution in [0.2, 0.25) is 0 Å². The Balaban J connectivity index is 1.87. The fourth-order valence-electron chi connectivity index (χ4n) is 1.67. The maximum absolute atomic E-state index is 12.2. The number of nitrogens with one attached hydrogen (secondary N) is 1. The van der Waals surface area contributed by atoms with E-state index in [9.17, 15) is 9.59 Å². The molecule has 5 nitrogen and oxygen atoms in total. The average molecular weight is 341 g/mol. The van der Waals surface area contributed by atoms with Gasteiger partial charge >= 0.3 is 4.87 Å². The normalized spacial score (nSPS) is 11.0. The largest absolute Gasteiger partial charge is 0.314 e. The molecule has 0 unspecified atom stereocenters. The third-order valence-electron chi connectivity index (χ3n) is 2.47. The van der Waals surface area contributed by atoms with Crippen LogP contribution >= 0.6 is 46.7 Å². The standard InChI is InChI=1S/C11H7N3O2S4/c15-8(5-18-10-13-12-9(17)20-10)14-6-3-1-2-4-7(6)19-11(14)16/h1-4H,5H2,(H,12,17). The van der Waals surface area contributed by atoms with Gasteiger partial charge in [-0.05, 0) is 24.4 Å². The van der Waals surface area contributed by atoms with E-state index in [0.29, 0.717) is 13.8 Å². The summed E-state index contributed by atoms with van der Waals surface area (Å²) in [5.74, 6) is -0.102. The average Bonchev–Trinajstić information content (AvgIpc) is 2.98. The first-order valence-electron chi connectivity index (χ1n) is 5.47. The van der Waals surface area contributed by atoms with Gasteiger partial charge in [-0.1, -0.05) is 46.6 Å². The van der Waals surface area contributed by atoms with Crippen molar-refractivity contribution in [3.63, 3.8) is 0 Å². The van der Waals surface area contributed by atoms with E-state index in [0.717, 1.165) is 16.0 Å². The number of H-pyrrole nitrogens is 1. The zero-order valence-corrected chi connectivity index (χ0v) is 13.1. The van der Waals surface area contributed by atoms with Crippen LogP contribution in [0, 0.1) is 3.95 Å². The fourth-order valence-corrected chi connectivity index (χ4v) is 4.49. The lowest BCUT2D eigenvalue weighted by Gasteiger charge is -2.00. The molecular weight excluding hydrogens is 334 g/mol. The van der Waals surface area contributed by atoms with E-state index in [1.807, 2.05) is 18.2 Å². The summed E-state index contributed by atoms with van der Waals surface area (Å²) < 4.78 is 3.29. The van der Waals surface area contributed by atoms with Crippen molar-refractivity contribution in [2.24, 2.45) is 0 Å². The van der Waals surface area contributed by atoms with E-state index in [1.165, 1.54) is 27.7 Å². The van der Waals surface area contributed by atoms with Crippen molar-refractivity contribution >= 4 is 62.8 Å². The molecule has 3 aromatic rings. The summed E-state index contributed by atoms with van der Waals surface area (Å²) in [6, 6.07) is 7.26. The molecule has 0 aliphatic rings. The number of thiazole rings is 1. The molecule has 3 rings (SSSR count). The third-order valence-corrected chi connectivity index (χ3v) is 5.61. The number of benzene rings is 1. The smallest absolute Gasteiger partial charge is 0.273 e. The SMILES string of the molecule is O=C(CSc1n[nH]c(=S)s1)n1c(=O)sc2ccccc21. The molecule has 0 spiro atoms. The van der Waals surface area contributed by atoms with Crippen molar-refractivity contribution in [2.45, 2.75) is 4.34 Å². The highest BCUT2D eigenvalue weighted by molar-refractivity contribution is 8.01. The molecule has 1 aromatic carbocycles. The van der Waals surface area contributed by atoms with Gasteiger partial charge in [0, 0.05) is 0 Å². The summed E-state index contributed by atoms with van der Waals surface area (Å²) in [5.41, 5.74) is 0.655. The van der Waals surface area contributed by atoms with Crippen molar-refractivity contribution < 1.29 is 4.79 Å². The molecular formula is C11H7N3O2S4. The van der Waals surface area contributed by atoms with Gasteiger partial charge < -0.3 is 0 Å². The Hall–Kier alpha value is -1.29. The number of aromatic amines is 1. The second-order valence-corrected chi connectivity index (χ2v) is 7.61. The number of nitrogens with zero attached hydrogens (tertiary/aromatic N) is 2. The number of para-hydroxylation sites is 1. The van der Waals surface area contributed by atoms with Crippen LogP contribution in [0.1, 0.15) is 4.79 Å². The Bertz CT molecular complexity index is 889. The maximum atomic E-state index is 12.2. The summed E-state index contributed by atoms with van der Waals surface area (Å²) in [6.45, 7) is 0. The van der Waals surface area contributed by atoms with E-state index in [4.69, 9.17) is 12.2 Å². The lowest BCUT2D eigenvalue weighted by atomic mass is 10.3. The Morgan fingerprint density at radius 3 is 2.95 bits per heavy atom. The maximum Gasteiger partial charge on any atom is 0.314 e. The second kappa shape index (κ2) is 5.60. The van der Waals surface area contributed by atoms with Gasteiger partial charge in [-0.15, -0.1) is 0 Å². The molecule has 0 radical (unpaired) electrons. The summed E-state index contributed by atoms with van der Waals surface area (Å²) in [4.78, 5) is 23.9. The lowest BCUT2D eigenvalue weighted by Crippen LogP contribution is -2.23. The summed E-state index contributed by atoms with van der Waals surface area (Å²) in [7, 11) is 0. The Morgan fingerprint density at radius 1 is 1.40 bits per heavy atom. The first-order chi connectivity index (χ1) is 9.65. The minimum atomic E-state index is -0.258. The zero-order chi connectivity index (χ0) is 14.1. The van der Waals surface area contributed by atoms with Gasteiger partial charge in [0.2, 0.25) is 5.91 Å². The molecule has 2 heterocycles. The number of aromatic nitrogens is 3. The van der Waals surface area contributed by atoms with Crippen LogP contribution in [-0.4, -0.2) is 26.4 Å². The quantitative estimate of drug-likeness (QED) is 0.586. The first kappa shape index (κ1) is 13.7. The van der Waals surface area contributed by atoms with Crippen LogP contribution in [-0.2, 0) is 0 Å². The van der Waals surface area contributed by atoms with E-state index in [2.05, 4.69) is 10.2 Å². The Kier molecular flexibility index (Phi) is 3.83. The molecule has 0 atom stereocenters. The number of hydrogen-bond acceptors (Lipinski definition) is 7. The van der Waals surface area contributed by atoms with Crippen molar-refractivity contribution in [1.82, 2.24) is 14.8 Å². The molecule has 20 heavy (non-hydrogen) atoms. The number of fused-ring (bicyclic) bond motifs is 1. The molecule has 0 amide bonds. The van der Waals surface area contributed by atoms with Gasteiger partial charge in [-0.2, -0.15) is 5.10 Å². The van der Waals surface area contributed by atoms with Gasteiger partial charge in [-0.25, -0.2) is 4.57 Å². The van der Waals surface area contributed by atoms with Crippen LogP contribution in [0.4, 0.5) is 0 Å². The molecule has 0 saturated carbocycles. The van der Waals surface area contributed by atoms with Gasteiger partial charge in [0.15, 0.2) is 8.29 Å².